The number of ether oxygens (including phenoxy) is 1. The Bertz CT molecular complexity index is 556. The van der Waals surface area contributed by atoms with Gasteiger partial charge in [-0.1, -0.05) is 26.7 Å². The summed E-state index contributed by atoms with van der Waals surface area (Å²) in [5, 5.41) is 10.3. The molecule has 156 valence electrons. The third-order valence-corrected chi connectivity index (χ3v) is 6.35. The van der Waals surface area contributed by atoms with Crippen LogP contribution in [0, 0.1) is 5.41 Å². The SMILES string of the molecule is CCNC(=NCC1(CCOC)CCCC1)NCCc1csc(C(C)C)n1.I. The number of rotatable bonds is 10. The minimum atomic E-state index is 0. The molecular formula is C20H37IN4OS. The molecule has 0 atom stereocenters. The summed E-state index contributed by atoms with van der Waals surface area (Å²) < 4.78 is 5.33. The first-order valence-electron chi connectivity index (χ1n) is 10.0. The summed E-state index contributed by atoms with van der Waals surface area (Å²) in [7, 11) is 1.79. The molecule has 27 heavy (non-hydrogen) atoms. The highest BCUT2D eigenvalue weighted by molar-refractivity contribution is 14.0. The van der Waals surface area contributed by atoms with Crippen molar-refractivity contribution < 1.29 is 4.74 Å². The number of guanidine groups is 1. The van der Waals surface area contributed by atoms with Gasteiger partial charge in [0, 0.05) is 51.1 Å². The van der Waals surface area contributed by atoms with Crippen molar-refractivity contribution in [3.05, 3.63) is 16.1 Å². The molecule has 1 aromatic rings. The molecule has 7 heteroatoms. The highest BCUT2D eigenvalue weighted by Crippen LogP contribution is 2.41. The Kier molecular flexibility index (Phi) is 11.8. The fraction of sp³-hybridized carbons (Fsp3) is 0.800. The number of nitrogens with one attached hydrogen (secondary N) is 2. The van der Waals surface area contributed by atoms with Crippen molar-refractivity contribution in [1.82, 2.24) is 15.6 Å². The molecule has 1 aliphatic carbocycles. The van der Waals surface area contributed by atoms with Crippen molar-refractivity contribution in [2.75, 3.05) is 33.4 Å². The van der Waals surface area contributed by atoms with Crippen molar-refractivity contribution >= 4 is 41.3 Å². The number of hydrogen-bond donors (Lipinski definition) is 2. The van der Waals surface area contributed by atoms with Crippen molar-refractivity contribution in [2.24, 2.45) is 10.4 Å². The molecule has 1 saturated carbocycles. The average molecular weight is 509 g/mol. The van der Waals surface area contributed by atoms with Crippen molar-refractivity contribution in [2.45, 2.75) is 65.2 Å². The zero-order chi connectivity index (χ0) is 18.8. The summed E-state index contributed by atoms with van der Waals surface area (Å²) in [6.07, 6.45) is 7.24. The molecule has 1 fully saturated rings. The van der Waals surface area contributed by atoms with Crippen LogP contribution in [-0.2, 0) is 11.2 Å². The second-order valence-electron chi connectivity index (χ2n) is 7.65. The lowest BCUT2D eigenvalue weighted by molar-refractivity contribution is 0.141. The van der Waals surface area contributed by atoms with Gasteiger partial charge in [0.05, 0.1) is 10.7 Å². The monoisotopic (exact) mass is 508 g/mol. The van der Waals surface area contributed by atoms with Gasteiger partial charge in [0.25, 0.3) is 0 Å². The lowest BCUT2D eigenvalue weighted by Gasteiger charge is -2.27. The Morgan fingerprint density at radius 2 is 2.07 bits per heavy atom. The quantitative estimate of drug-likeness (QED) is 0.276. The highest BCUT2D eigenvalue weighted by atomic mass is 127. The molecule has 0 spiro atoms. The van der Waals surface area contributed by atoms with E-state index >= 15 is 0 Å². The van der Waals surface area contributed by atoms with E-state index in [1.54, 1.807) is 18.4 Å². The maximum atomic E-state index is 5.33. The van der Waals surface area contributed by atoms with Crippen LogP contribution in [0.1, 0.15) is 69.5 Å². The summed E-state index contributed by atoms with van der Waals surface area (Å²) in [6, 6.07) is 0. The fourth-order valence-electron chi connectivity index (χ4n) is 3.53. The van der Waals surface area contributed by atoms with Gasteiger partial charge in [0.1, 0.15) is 0 Å². The average Bonchev–Trinajstić information content (AvgIpc) is 3.28. The van der Waals surface area contributed by atoms with Gasteiger partial charge in [0.2, 0.25) is 0 Å². The van der Waals surface area contributed by atoms with Crippen LogP contribution < -0.4 is 10.6 Å². The minimum Gasteiger partial charge on any atom is -0.385 e. The summed E-state index contributed by atoms with van der Waals surface area (Å²) in [5.41, 5.74) is 1.51. The van der Waals surface area contributed by atoms with Crippen LogP contribution in [0.5, 0.6) is 0 Å². The smallest absolute Gasteiger partial charge is 0.191 e. The first-order chi connectivity index (χ1) is 12.6. The summed E-state index contributed by atoms with van der Waals surface area (Å²) in [5.74, 6) is 1.44. The molecule has 1 heterocycles. The first-order valence-corrected chi connectivity index (χ1v) is 10.9. The van der Waals surface area contributed by atoms with Crippen LogP contribution in [0.25, 0.3) is 0 Å². The molecule has 0 aliphatic heterocycles. The topological polar surface area (TPSA) is 58.5 Å². The van der Waals surface area contributed by atoms with Crippen LogP contribution in [-0.4, -0.2) is 44.3 Å². The Hall–Kier alpha value is -0.410. The summed E-state index contributed by atoms with van der Waals surface area (Å²) in [4.78, 5) is 9.62. The van der Waals surface area contributed by atoms with Crippen molar-refractivity contribution in [3.8, 4) is 0 Å². The lowest BCUT2D eigenvalue weighted by Crippen LogP contribution is -2.39. The molecule has 0 saturated heterocycles. The van der Waals surface area contributed by atoms with E-state index in [9.17, 15) is 0 Å². The zero-order valence-corrected chi connectivity index (χ0v) is 20.5. The van der Waals surface area contributed by atoms with Gasteiger partial charge >= 0.3 is 0 Å². The number of hydrogen-bond acceptors (Lipinski definition) is 4. The van der Waals surface area contributed by atoms with Gasteiger partial charge in [-0.15, -0.1) is 35.3 Å². The van der Waals surface area contributed by atoms with E-state index in [1.165, 1.54) is 36.4 Å². The van der Waals surface area contributed by atoms with E-state index in [4.69, 9.17) is 14.7 Å². The first kappa shape index (κ1) is 24.6. The third-order valence-electron chi connectivity index (χ3n) is 5.15. The predicted molar refractivity (Wildman–Crippen MR) is 127 cm³/mol. The van der Waals surface area contributed by atoms with E-state index in [-0.39, 0.29) is 24.0 Å². The van der Waals surface area contributed by atoms with Crippen LogP contribution in [0.4, 0.5) is 0 Å². The number of aliphatic imine (C=N–C) groups is 1. The Morgan fingerprint density at radius 3 is 2.67 bits per heavy atom. The maximum absolute atomic E-state index is 5.33. The number of thiazole rings is 1. The molecule has 1 aromatic heterocycles. The summed E-state index contributed by atoms with van der Waals surface area (Å²) >= 11 is 1.76. The number of methoxy groups -OCH3 is 1. The Labute approximate surface area is 186 Å². The van der Waals surface area contributed by atoms with Crippen molar-refractivity contribution in [1.29, 1.82) is 0 Å². The van der Waals surface area contributed by atoms with Gasteiger partial charge in [-0.2, -0.15) is 0 Å². The largest absolute Gasteiger partial charge is 0.385 e. The fourth-order valence-corrected chi connectivity index (χ4v) is 4.40. The Balaban J connectivity index is 0.00000364. The molecule has 5 nitrogen and oxygen atoms in total. The van der Waals surface area contributed by atoms with Crippen molar-refractivity contribution in [3.63, 3.8) is 0 Å². The van der Waals surface area contributed by atoms with E-state index < -0.39 is 0 Å². The molecule has 2 rings (SSSR count). The second kappa shape index (κ2) is 12.9. The van der Waals surface area contributed by atoms with Gasteiger partial charge in [-0.05, 0) is 31.6 Å². The molecule has 1 aliphatic rings. The normalized spacial score (nSPS) is 16.4. The highest BCUT2D eigenvalue weighted by Gasteiger charge is 2.33. The molecule has 0 amide bonds. The predicted octanol–water partition coefficient (Wildman–Crippen LogP) is 4.58. The number of halogens is 1. The van der Waals surface area contributed by atoms with Gasteiger partial charge in [-0.25, -0.2) is 4.98 Å². The van der Waals surface area contributed by atoms with E-state index in [2.05, 4.69) is 36.8 Å². The Morgan fingerprint density at radius 1 is 1.33 bits per heavy atom. The van der Waals surface area contributed by atoms with Crippen LogP contribution in [0.15, 0.2) is 10.4 Å². The van der Waals surface area contributed by atoms with Gasteiger partial charge < -0.3 is 15.4 Å². The van der Waals surface area contributed by atoms with Crippen LogP contribution >= 0.6 is 35.3 Å². The van der Waals surface area contributed by atoms with Crippen LogP contribution in [0.2, 0.25) is 0 Å². The molecule has 2 N–H and O–H groups in total. The second-order valence-corrected chi connectivity index (χ2v) is 8.54. The molecule has 0 aromatic carbocycles. The summed E-state index contributed by atoms with van der Waals surface area (Å²) in [6.45, 7) is 9.96. The van der Waals surface area contributed by atoms with Gasteiger partial charge in [-0.3, -0.25) is 4.99 Å². The number of aromatic nitrogens is 1. The molecule has 0 bridgehead atoms. The van der Waals surface area contributed by atoms with Gasteiger partial charge in [0.15, 0.2) is 5.96 Å². The zero-order valence-electron chi connectivity index (χ0n) is 17.3. The third kappa shape index (κ3) is 8.23. The maximum Gasteiger partial charge on any atom is 0.191 e. The standard InChI is InChI=1S/C20H36N4OS.HI/c1-5-21-19(22-12-8-17-14-26-18(24-17)16(2)3)23-15-20(11-13-25-4)9-6-7-10-20;/h14,16H,5-13,15H2,1-4H3,(H2,21,22,23);1H. The lowest BCUT2D eigenvalue weighted by atomic mass is 9.83. The minimum absolute atomic E-state index is 0. The van der Waals surface area contributed by atoms with E-state index in [1.807, 2.05) is 0 Å². The number of nitrogens with zero attached hydrogens (tertiary/aromatic N) is 2. The molecule has 0 radical (unpaired) electrons. The van der Waals surface area contributed by atoms with E-state index in [0.29, 0.717) is 11.3 Å². The van der Waals surface area contributed by atoms with Crippen LogP contribution in [0.3, 0.4) is 0 Å². The van der Waals surface area contributed by atoms with E-state index in [0.717, 1.165) is 45.0 Å². The molecule has 0 unspecified atom stereocenters. The molecular weight excluding hydrogens is 471 g/mol.